The summed E-state index contributed by atoms with van der Waals surface area (Å²) in [5.41, 5.74) is 0. The maximum atomic E-state index is 2.00. The Hall–Kier alpha value is 0.430. The van der Waals surface area contributed by atoms with Crippen molar-refractivity contribution in [1.82, 2.24) is 0 Å². The van der Waals surface area contributed by atoms with Gasteiger partial charge in [-0.15, -0.1) is 0 Å². The van der Waals surface area contributed by atoms with E-state index < -0.39 is 0 Å². The number of hydrogen-bond acceptors (Lipinski definition) is 0. The highest BCUT2D eigenvalue weighted by Crippen LogP contribution is 1.15. The van der Waals surface area contributed by atoms with E-state index in [-0.39, 0.29) is 9.90 Å². The lowest BCUT2D eigenvalue weighted by molar-refractivity contribution is 1.50. The topological polar surface area (TPSA) is 0 Å². The van der Waals surface area contributed by atoms with Crippen LogP contribution in [0.1, 0.15) is 55.4 Å². The van der Waals surface area contributed by atoms with E-state index >= 15 is 0 Å². The van der Waals surface area contributed by atoms with Crippen LogP contribution in [0, 0.1) is 0 Å². The minimum atomic E-state index is 0. The van der Waals surface area contributed by atoms with Gasteiger partial charge in [0, 0.05) is 0 Å². The molecule has 0 nitrogen and oxygen atoms in total. The molecule has 0 saturated heterocycles. The van der Waals surface area contributed by atoms with Gasteiger partial charge in [0.25, 0.3) is 0 Å². The first-order valence-electron chi connectivity index (χ1n) is 4.00. The molecule has 1 unspecified atom stereocenters. The van der Waals surface area contributed by atoms with Crippen LogP contribution in [-0.4, -0.2) is 0 Å². The lowest BCUT2D eigenvalue weighted by Crippen LogP contribution is -0.856. The molecule has 1 atom stereocenters. The molecule has 0 aliphatic rings. The fourth-order valence-electron chi connectivity index (χ4n) is 0. The average molecular weight is 154 g/mol. The summed E-state index contributed by atoms with van der Waals surface area (Å²) in [5.74, 6) is 0. The molecule has 0 amide bonds. The molecule has 0 aromatic rings. The third-order valence-electron chi connectivity index (χ3n) is 0. The standard InChI is InChI=1S/4C2H6.H3P/c4*1-2;/h4*1-2H3;1H3. The normalized spacial score (nSPS) is 2.67. The van der Waals surface area contributed by atoms with Gasteiger partial charge in [0.2, 0.25) is 0 Å². The summed E-state index contributed by atoms with van der Waals surface area (Å²) in [7, 11) is 0. The van der Waals surface area contributed by atoms with Crippen molar-refractivity contribution in [3.05, 3.63) is 0 Å². The highest BCUT2D eigenvalue weighted by atomic mass is 31.0. The van der Waals surface area contributed by atoms with E-state index in [0.717, 1.165) is 0 Å². The van der Waals surface area contributed by atoms with E-state index in [1.54, 1.807) is 0 Å². The van der Waals surface area contributed by atoms with Crippen molar-refractivity contribution in [3.8, 4) is 0 Å². The van der Waals surface area contributed by atoms with Crippen LogP contribution in [0.3, 0.4) is 0 Å². The van der Waals surface area contributed by atoms with Crippen LogP contribution in [0.15, 0.2) is 0 Å². The fourth-order valence-corrected chi connectivity index (χ4v) is 0. The molecule has 0 aliphatic carbocycles. The van der Waals surface area contributed by atoms with Crippen molar-refractivity contribution >= 4 is 9.90 Å². The Morgan fingerprint density at radius 3 is 0.333 bits per heavy atom. The first-order chi connectivity index (χ1) is 4.00. The second-order valence-electron chi connectivity index (χ2n) is 0. The summed E-state index contributed by atoms with van der Waals surface area (Å²) in [6.07, 6.45) is 0. The van der Waals surface area contributed by atoms with Gasteiger partial charge in [-0.25, -0.2) is 0 Å². The van der Waals surface area contributed by atoms with Gasteiger partial charge in [0.05, 0.1) is 0 Å². The second kappa shape index (κ2) is 2520. The van der Waals surface area contributed by atoms with E-state index in [2.05, 4.69) is 0 Å². The van der Waals surface area contributed by atoms with Gasteiger partial charge >= 0.3 is 0 Å². The van der Waals surface area contributed by atoms with Crippen LogP contribution >= 0.6 is 9.90 Å². The highest BCUT2D eigenvalue weighted by molar-refractivity contribution is 6.92. The highest BCUT2D eigenvalue weighted by Gasteiger charge is 0.938. The predicted molar refractivity (Wildman–Crippen MR) is 56.5 cm³/mol. The van der Waals surface area contributed by atoms with Crippen molar-refractivity contribution in [3.63, 3.8) is 0 Å². The molecule has 0 aliphatic heterocycles. The van der Waals surface area contributed by atoms with E-state index in [9.17, 15) is 0 Å². The minimum absolute atomic E-state index is 0. The largest absolute Gasteiger partial charge is 0.153 e. The van der Waals surface area contributed by atoms with E-state index in [1.165, 1.54) is 0 Å². The third kappa shape index (κ3) is 1890. The minimum Gasteiger partial charge on any atom is -0.153 e. The predicted octanol–water partition coefficient (Wildman–Crippen LogP) is 4.16. The van der Waals surface area contributed by atoms with Gasteiger partial charge in [0.15, 0.2) is 0 Å². The monoisotopic (exact) mass is 154 g/mol. The Balaban J connectivity index is -0.00000000762. The zero-order chi connectivity index (χ0) is 8.00. The summed E-state index contributed by atoms with van der Waals surface area (Å²) in [6, 6.07) is 0. The van der Waals surface area contributed by atoms with E-state index in [0.29, 0.717) is 0 Å². The molecule has 0 aromatic heterocycles. The van der Waals surface area contributed by atoms with Gasteiger partial charge in [0.1, 0.15) is 0 Å². The van der Waals surface area contributed by atoms with Crippen molar-refractivity contribution in [2.24, 2.45) is 0 Å². The molecule has 0 bridgehead atoms. The molecule has 0 rings (SSSR count). The molecule has 0 saturated carbocycles. The second-order valence-corrected chi connectivity index (χ2v) is 0. The molecular formula is C8H27P. The van der Waals surface area contributed by atoms with Crippen molar-refractivity contribution in [1.29, 1.82) is 0 Å². The summed E-state index contributed by atoms with van der Waals surface area (Å²) in [5, 5.41) is 0. The Kier molecular flexibility index (Phi) is 9550. The lowest BCUT2D eigenvalue weighted by atomic mass is 11.0. The van der Waals surface area contributed by atoms with Crippen molar-refractivity contribution in [2.75, 3.05) is 0 Å². The van der Waals surface area contributed by atoms with Crippen molar-refractivity contribution in [2.45, 2.75) is 55.4 Å². The molecule has 64 valence electrons. The first kappa shape index (κ1) is 34.1. The zero-order valence-electron chi connectivity index (χ0n) is 8.71. The zero-order valence-corrected chi connectivity index (χ0v) is 10.1. The Morgan fingerprint density at radius 1 is 0.333 bits per heavy atom. The van der Waals surface area contributed by atoms with Gasteiger partial charge in [-0.3, -0.25) is 0 Å². The first-order valence-corrected chi connectivity index (χ1v) is 4.00. The molecule has 0 N–H and O–H groups in total. The lowest BCUT2D eigenvalue weighted by Gasteiger charge is -1.07. The molecular weight excluding hydrogens is 127 g/mol. The molecule has 0 heterocycles. The van der Waals surface area contributed by atoms with Crippen LogP contribution in [0.4, 0.5) is 0 Å². The number of hydrogen-bond donors (Lipinski definition) is 0. The Bertz CT molecular complexity index is 4.53. The fraction of sp³-hybridized carbons (Fsp3) is 1.00. The summed E-state index contributed by atoms with van der Waals surface area (Å²) < 4.78 is 0. The smallest absolute Gasteiger partial charge is 0.0683 e. The van der Waals surface area contributed by atoms with Gasteiger partial charge < -0.3 is 0 Å². The van der Waals surface area contributed by atoms with Crippen LogP contribution in [0.5, 0.6) is 0 Å². The summed E-state index contributed by atoms with van der Waals surface area (Å²) >= 11 is 0. The molecule has 0 fully saturated rings. The quantitative estimate of drug-likeness (QED) is 0.459. The van der Waals surface area contributed by atoms with Crippen molar-refractivity contribution < 1.29 is 0 Å². The molecule has 0 spiro atoms. The van der Waals surface area contributed by atoms with Gasteiger partial charge in [-0.1, -0.05) is 55.4 Å². The van der Waals surface area contributed by atoms with Crippen LogP contribution < -0.4 is 0 Å². The number of rotatable bonds is 0. The molecule has 0 aromatic carbocycles. The maximum absolute atomic E-state index is 2.00. The average Bonchev–Trinajstić information content (AvgIpc) is 2.03. The van der Waals surface area contributed by atoms with Gasteiger partial charge in [-0.05, 0) is 0 Å². The summed E-state index contributed by atoms with van der Waals surface area (Å²) in [6.45, 7) is 16.0. The van der Waals surface area contributed by atoms with Crippen LogP contribution in [-0.2, 0) is 0 Å². The van der Waals surface area contributed by atoms with E-state index in [4.69, 9.17) is 0 Å². The Morgan fingerprint density at radius 2 is 0.333 bits per heavy atom. The molecule has 0 radical (unpaired) electrons. The van der Waals surface area contributed by atoms with Crippen LogP contribution in [0.2, 0.25) is 0 Å². The van der Waals surface area contributed by atoms with E-state index in [1.807, 2.05) is 55.4 Å². The third-order valence-corrected chi connectivity index (χ3v) is 0. The molecule has 1 heteroatoms. The molecule has 9 heavy (non-hydrogen) atoms. The Labute approximate surface area is 66.1 Å². The SMILES string of the molecule is CC.CC.CC.CC.P. The van der Waals surface area contributed by atoms with Gasteiger partial charge in [-0.2, -0.15) is 9.90 Å². The summed E-state index contributed by atoms with van der Waals surface area (Å²) in [4.78, 5) is 0. The maximum Gasteiger partial charge on any atom is -0.0683 e. The van der Waals surface area contributed by atoms with Crippen LogP contribution in [0.25, 0.3) is 0 Å².